The van der Waals surface area contributed by atoms with E-state index in [-0.39, 0.29) is 29.2 Å². The Morgan fingerprint density at radius 1 is 1.13 bits per heavy atom. The molecule has 3 saturated carbocycles. The fraction of sp³-hybridized carbons (Fsp3) is 0.889. The predicted octanol–water partition coefficient (Wildman–Crippen LogP) is 2.73. The summed E-state index contributed by atoms with van der Waals surface area (Å²) < 4.78 is 5.90. The van der Waals surface area contributed by atoms with Crippen LogP contribution >= 0.6 is 0 Å². The van der Waals surface area contributed by atoms with Gasteiger partial charge in [-0.15, -0.1) is 0 Å². The van der Waals surface area contributed by atoms with E-state index in [9.17, 15) is 9.59 Å². The van der Waals surface area contributed by atoms with Crippen molar-refractivity contribution in [3.05, 3.63) is 0 Å². The molecule has 1 amide bonds. The van der Waals surface area contributed by atoms with Crippen molar-refractivity contribution in [2.24, 2.45) is 17.3 Å². The van der Waals surface area contributed by atoms with Gasteiger partial charge in [0, 0.05) is 24.0 Å². The maximum absolute atomic E-state index is 12.6. The first-order valence-electron chi connectivity index (χ1n) is 9.21. The van der Waals surface area contributed by atoms with Gasteiger partial charge in [-0.2, -0.15) is 0 Å². The first kappa shape index (κ1) is 16.7. The number of hydrogen-bond acceptors (Lipinski definition) is 3. The van der Waals surface area contributed by atoms with E-state index in [2.05, 4.69) is 5.32 Å². The summed E-state index contributed by atoms with van der Waals surface area (Å²) in [6.45, 7) is 2.78. The molecule has 0 aliphatic heterocycles. The smallest absolute Gasteiger partial charge is 0.306 e. The molecule has 1 spiro atoms. The van der Waals surface area contributed by atoms with Gasteiger partial charge in [0.1, 0.15) is 0 Å². The van der Waals surface area contributed by atoms with E-state index < -0.39 is 5.97 Å². The molecule has 130 valence electrons. The second-order valence-electron chi connectivity index (χ2n) is 7.57. The predicted molar refractivity (Wildman–Crippen MR) is 85.9 cm³/mol. The second-order valence-corrected chi connectivity index (χ2v) is 7.57. The van der Waals surface area contributed by atoms with Crippen LogP contribution in [-0.2, 0) is 14.3 Å². The number of ether oxygens (including phenoxy) is 1. The number of carboxylic acid groups (broad SMARTS) is 1. The molecule has 0 radical (unpaired) electrons. The number of nitrogens with one attached hydrogen (secondary N) is 1. The third kappa shape index (κ3) is 3.12. The van der Waals surface area contributed by atoms with E-state index in [1.54, 1.807) is 0 Å². The van der Waals surface area contributed by atoms with Gasteiger partial charge in [-0.3, -0.25) is 9.59 Å². The standard InChI is InChI=1S/C18H29NO4/c1-2-23-15-11-14(18(15)9-3-4-10-18)19-16(20)12-5-7-13(8-6-12)17(21)22/h12-15H,2-11H2,1H3,(H,19,20)(H,21,22). The van der Waals surface area contributed by atoms with E-state index in [1.807, 2.05) is 6.92 Å². The number of aliphatic carboxylic acids is 1. The highest BCUT2D eigenvalue weighted by Gasteiger charge is 2.57. The third-order valence-electron chi connectivity index (χ3n) is 6.45. The van der Waals surface area contributed by atoms with Crippen LogP contribution in [0.1, 0.15) is 64.7 Å². The van der Waals surface area contributed by atoms with Gasteiger partial charge in [-0.1, -0.05) is 12.8 Å². The molecular formula is C18H29NO4. The van der Waals surface area contributed by atoms with Crippen LogP contribution in [0.25, 0.3) is 0 Å². The highest BCUT2D eigenvalue weighted by atomic mass is 16.5. The normalized spacial score (nSPS) is 35.7. The summed E-state index contributed by atoms with van der Waals surface area (Å²) in [6, 6.07) is 0.256. The van der Waals surface area contributed by atoms with Gasteiger partial charge < -0.3 is 15.2 Å². The van der Waals surface area contributed by atoms with Crippen LogP contribution in [0.2, 0.25) is 0 Å². The van der Waals surface area contributed by atoms with Gasteiger partial charge in [-0.05, 0) is 51.9 Å². The summed E-state index contributed by atoms with van der Waals surface area (Å²) in [7, 11) is 0. The Hall–Kier alpha value is -1.10. The average molecular weight is 323 g/mol. The molecule has 2 N–H and O–H groups in total. The molecule has 0 aromatic carbocycles. The zero-order chi connectivity index (χ0) is 16.4. The Morgan fingerprint density at radius 3 is 2.30 bits per heavy atom. The molecule has 2 unspecified atom stereocenters. The zero-order valence-electron chi connectivity index (χ0n) is 14.1. The lowest BCUT2D eigenvalue weighted by Crippen LogP contribution is -2.64. The number of carbonyl (C=O) groups is 2. The average Bonchev–Trinajstić information content (AvgIpc) is 3.06. The summed E-state index contributed by atoms with van der Waals surface area (Å²) in [5.41, 5.74) is 0.171. The summed E-state index contributed by atoms with van der Waals surface area (Å²) in [4.78, 5) is 23.6. The molecule has 5 heteroatoms. The number of rotatable bonds is 5. The van der Waals surface area contributed by atoms with E-state index in [0.717, 1.165) is 25.9 Å². The summed E-state index contributed by atoms with van der Waals surface area (Å²) >= 11 is 0. The Balaban J connectivity index is 1.53. The quantitative estimate of drug-likeness (QED) is 0.816. The molecule has 0 aromatic rings. The van der Waals surface area contributed by atoms with Crippen LogP contribution in [-0.4, -0.2) is 35.7 Å². The van der Waals surface area contributed by atoms with Crippen LogP contribution in [0.15, 0.2) is 0 Å². The van der Waals surface area contributed by atoms with E-state index >= 15 is 0 Å². The molecule has 3 rings (SSSR count). The van der Waals surface area contributed by atoms with Crippen molar-refractivity contribution in [1.29, 1.82) is 0 Å². The number of carboxylic acids is 1. The Labute approximate surface area is 138 Å². The highest BCUT2D eigenvalue weighted by Crippen LogP contribution is 2.54. The molecule has 2 atom stereocenters. The molecule has 3 aliphatic carbocycles. The molecule has 5 nitrogen and oxygen atoms in total. The summed E-state index contributed by atoms with van der Waals surface area (Å²) in [5, 5.41) is 12.3. The summed E-state index contributed by atoms with van der Waals surface area (Å²) in [5.74, 6) is -0.839. The molecule has 3 fully saturated rings. The van der Waals surface area contributed by atoms with Gasteiger partial charge in [0.05, 0.1) is 12.0 Å². The largest absolute Gasteiger partial charge is 0.481 e. The Morgan fingerprint density at radius 2 is 1.74 bits per heavy atom. The van der Waals surface area contributed by atoms with Crippen molar-refractivity contribution >= 4 is 11.9 Å². The highest BCUT2D eigenvalue weighted by molar-refractivity contribution is 5.80. The van der Waals surface area contributed by atoms with Crippen LogP contribution in [0, 0.1) is 17.3 Å². The minimum absolute atomic E-state index is 0.00445. The zero-order valence-corrected chi connectivity index (χ0v) is 14.1. The first-order valence-corrected chi connectivity index (χ1v) is 9.21. The second kappa shape index (κ2) is 6.80. The molecular weight excluding hydrogens is 294 g/mol. The van der Waals surface area contributed by atoms with Crippen LogP contribution in [0.5, 0.6) is 0 Å². The lowest BCUT2D eigenvalue weighted by atomic mass is 9.60. The fourth-order valence-electron chi connectivity index (χ4n) is 4.98. The lowest BCUT2D eigenvalue weighted by molar-refractivity contribution is -0.149. The molecule has 0 aromatic heterocycles. The van der Waals surface area contributed by atoms with Crippen molar-refractivity contribution in [3.63, 3.8) is 0 Å². The Kier molecular flexibility index (Phi) is 4.95. The Bertz CT molecular complexity index is 450. The monoisotopic (exact) mass is 323 g/mol. The van der Waals surface area contributed by atoms with Gasteiger partial charge in [0.15, 0.2) is 0 Å². The van der Waals surface area contributed by atoms with Crippen LogP contribution in [0.3, 0.4) is 0 Å². The van der Waals surface area contributed by atoms with Crippen molar-refractivity contribution < 1.29 is 19.4 Å². The fourth-order valence-corrected chi connectivity index (χ4v) is 4.98. The van der Waals surface area contributed by atoms with Gasteiger partial charge in [-0.25, -0.2) is 0 Å². The molecule has 3 aliphatic rings. The number of amides is 1. The van der Waals surface area contributed by atoms with Crippen molar-refractivity contribution in [3.8, 4) is 0 Å². The third-order valence-corrected chi connectivity index (χ3v) is 6.45. The first-order chi connectivity index (χ1) is 11.1. The molecule has 0 saturated heterocycles. The van der Waals surface area contributed by atoms with Crippen molar-refractivity contribution in [2.45, 2.75) is 76.9 Å². The molecule has 0 bridgehead atoms. The molecule has 0 heterocycles. The number of hydrogen-bond donors (Lipinski definition) is 2. The minimum atomic E-state index is -0.715. The maximum Gasteiger partial charge on any atom is 0.306 e. The summed E-state index contributed by atoms with van der Waals surface area (Å²) in [6.07, 6.45) is 8.71. The van der Waals surface area contributed by atoms with Gasteiger partial charge >= 0.3 is 5.97 Å². The maximum atomic E-state index is 12.6. The molecule has 23 heavy (non-hydrogen) atoms. The van der Waals surface area contributed by atoms with Crippen molar-refractivity contribution in [2.75, 3.05) is 6.61 Å². The van der Waals surface area contributed by atoms with Gasteiger partial charge in [0.2, 0.25) is 5.91 Å². The van der Waals surface area contributed by atoms with Crippen LogP contribution < -0.4 is 5.32 Å². The SMILES string of the molecule is CCOC1CC(NC(=O)C2CCC(C(=O)O)CC2)C12CCCC2. The van der Waals surface area contributed by atoms with E-state index in [4.69, 9.17) is 9.84 Å². The lowest BCUT2D eigenvalue weighted by Gasteiger charge is -2.54. The van der Waals surface area contributed by atoms with E-state index in [1.165, 1.54) is 12.8 Å². The van der Waals surface area contributed by atoms with Gasteiger partial charge in [0.25, 0.3) is 0 Å². The topological polar surface area (TPSA) is 75.6 Å². The minimum Gasteiger partial charge on any atom is -0.481 e. The van der Waals surface area contributed by atoms with Crippen LogP contribution in [0.4, 0.5) is 0 Å². The number of carbonyl (C=O) groups excluding carboxylic acids is 1. The van der Waals surface area contributed by atoms with Crippen molar-refractivity contribution in [1.82, 2.24) is 5.32 Å². The van der Waals surface area contributed by atoms with E-state index in [0.29, 0.717) is 31.8 Å².